The Hall–Kier alpha value is -4.52. The molecule has 0 saturated heterocycles. The molecular weight excluding hydrogens is 478 g/mol. The Bertz CT molecular complexity index is 1460. The number of carbonyl (C=O) groups excluding carboxylic acids is 2. The van der Waals surface area contributed by atoms with Crippen LogP contribution in [0.4, 0.5) is 5.69 Å². The van der Waals surface area contributed by atoms with Gasteiger partial charge in [-0.25, -0.2) is 0 Å². The van der Waals surface area contributed by atoms with E-state index >= 15 is 0 Å². The summed E-state index contributed by atoms with van der Waals surface area (Å²) < 4.78 is 10.3. The molecule has 0 bridgehead atoms. The van der Waals surface area contributed by atoms with E-state index in [1.807, 2.05) is 24.3 Å². The maximum atomic E-state index is 12.3. The summed E-state index contributed by atoms with van der Waals surface area (Å²) in [7, 11) is 0. The van der Waals surface area contributed by atoms with Gasteiger partial charge in [0.1, 0.15) is 13.1 Å². The van der Waals surface area contributed by atoms with Crippen LogP contribution >= 0.6 is 0 Å². The molecule has 0 spiro atoms. The summed E-state index contributed by atoms with van der Waals surface area (Å²) in [4.78, 5) is 33.1. The summed E-state index contributed by atoms with van der Waals surface area (Å²) in [6.07, 6.45) is 4.16. The van der Waals surface area contributed by atoms with E-state index in [0.29, 0.717) is 0 Å². The smallest absolute Gasteiger partial charge is 0.325 e. The Morgan fingerprint density at radius 2 is 1.18 bits per heavy atom. The summed E-state index contributed by atoms with van der Waals surface area (Å²) >= 11 is 0. The normalized spacial score (nSPS) is 11.2. The molecule has 2 N–H and O–H groups in total. The second-order valence-corrected chi connectivity index (χ2v) is 9.07. The van der Waals surface area contributed by atoms with Crippen LogP contribution in [0.5, 0.6) is 0 Å². The third-order valence-electron chi connectivity index (χ3n) is 6.71. The lowest BCUT2D eigenvalue weighted by Crippen LogP contribution is -2.36. The standard InChI is InChI=1S/C31H31N3O4/c1-3-37-29(35)19-34(20-30(36)38-4-2)22-15-13-21(14-16-22)31(25-17-32-27-11-7-5-9-23(25)27)26-18-33-28-12-8-6-10-24(26)28/h5-18,31-33H,3-4,19-20H2,1-2H3. The number of nitrogens with one attached hydrogen (secondary N) is 2. The molecule has 3 aromatic carbocycles. The van der Waals surface area contributed by atoms with Crippen molar-refractivity contribution in [3.05, 3.63) is 102 Å². The van der Waals surface area contributed by atoms with Gasteiger partial charge < -0.3 is 24.3 Å². The van der Waals surface area contributed by atoms with E-state index in [4.69, 9.17) is 9.47 Å². The predicted molar refractivity (Wildman–Crippen MR) is 149 cm³/mol. The van der Waals surface area contributed by atoms with Crippen molar-refractivity contribution in [3.63, 3.8) is 0 Å². The molecule has 194 valence electrons. The highest BCUT2D eigenvalue weighted by atomic mass is 16.5. The first kappa shape index (κ1) is 25.1. The number of aromatic nitrogens is 2. The number of nitrogens with zero attached hydrogens (tertiary/aromatic N) is 1. The number of anilines is 1. The molecule has 0 aliphatic heterocycles. The van der Waals surface area contributed by atoms with Crippen molar-refractivity contribution in [2.24, 2.45) is 0 Å². The maximum Gasteiger partial charge on any atom is 0.325 e. The number of carbonyl (C=O) groups is 2. The van der Waals surface area contributed by atoms with Gasteiger partial charge in [0.25, 0.3) is 0 Å². The Balaban J connectivity index is 1.55. The van der Waals surface area contributed by atoms with Gasteiger partial charge in [-0.3, -0.25) is 9.59 Å². The van der Waals surface area contributed by atoms with E-state index in [1.165, 1.54) is 11.1 Å². The van der Waals surface area contributed by atoms with Crippen molar-refractivity contribution in [1.82, 2.24) is 9.97 Å². The molecule has 2 aromatic heterocycles. The SMILES string of the molecule is CCOC(=O)CN(CC(=O)OCC)c1ccc(C(c2c[nH]c3ccccc23)c2c[nH]c3ccccc23)cc1. The van der Waals surface area contributed by atoms with Crippen LogP contribution in [-0.4, -0.2) is 48.2 Å². The zero-order chi connectivity index (χ0) is 26.5. The van der Waals surface area contributed by atoms with Crippen molar-refractivity contribution >= 4 is 39.4 Å². The third kappa shape index (κ3) is 5.13. The summed E-state index contributed by atoms with van der Waals surface area (Å²) in [6, 6.07) is 24.6. The first-order valence-electron chi connectivity index (χ1n) is 12.9. The van der Waals surface area contributed by atoms with Gasteiger partial charge in [-0.15, -0.1) is 0 Å². The Kier molecular flexibility index (Phi) is 7.45. The van der Waals surface area contributed by atoms with Crippen LogP contribution in [0.15, 0.2) is 85.2 Å². The van der Waals surface area contributed by atoms with Gasteiger partial charge in [-0.1, -0.05) is 48.5 Å². The molecule has 0 aliphatic rings. The lowest BCUT2D eigenvalue weighted by Gasteiger charge is -2.24. The fourth-order valence-electron chi connectivity index (χ4n) is 5.03. The predicted octanol–water partition coefficient (Wildman–Crippen LogP) is 5.76. The lowest BCUT2D eigenvalue weighted by molar-refractivity contribution is -0.142. The minimum atomic E-state index is -0.392. The molecule has 0 fully saturated rings. The Morgan fingerprint density at radius 3 is 1.66 bits per heavy atom. The zero-order valence-electron chi connectivity index (χ0n) is 21.6. The summed E-state index contributed by atoms with van der Waals surface area (Å²) in [6.45, 7) is 4.00. The molecule has 0 aliphatic carbocycles. The van der Waals surface area contributed by atoms with Crippen molar-refractivity contribution in [2.45, 2.75) is 19.8 Å². The monoisotopic (exact) mass is 509 g/mol. The van der Waals surface area contributed by atoms with Gasteiger partial charge in [0.05, 0.1) is 13.2 Å². The third-order valence-corrected chi connectivity index (χ3v) is 6.71. The van der Waals surface area contributed by atoms with Crippen molar-refractivity contribution in [2.75, 3.05) is 31.2 Å². The summed E-state index contributed by atoms with van der Waals surface area (Å²) in [5.74, 6) is -0.826. The van der Waals surface area contributed by atoms with Crippen LogP contribution in [-0.2, 0) is 19.1 Å². The lowest BCUT2D eigenvalue weighted by atomic mass is 9.84. The van der Waals surface area contributed by atoms with Gasteiger partial charge in [0, 0.05) is 45.8 Å². The molecule has 7 nitrogen and oxygen atoms in total. The molecule has 0 radical (unpaired) electrons. The highest BCUT2D eigenvalue weighted by Gasteiger charge is 2.24. The number of para-hydroxylation sites is 2. The van der Waals surface area contributed by atoms with E-state index in [0.717, 1.165) is 33.1 Å². The first-order chi connectivity index (χ1) is 18.6. The molecule has 5 rings (SSSR count). The molecule has 5 aromatic rings. The van der Waals surface area contributed by atoms with Crippen LogP contribution in [0.25, 0.3) is 21.8 Å². The minimum absolute atomic E-state index is 0.0413. The average Bonchev–Trinajstić information content (AvgIpc) is 3.55. The highest BCUT2D eigenvalue weighted by Crippen LogP contribution is 2.39. The van der Waals surface area contributed by atoms with E-state index in [9.17, 15) is 9.59 Å². The molecule has 7 heteroatoms. The second kappa shape index (κ2) is 11.3. The maximum absolute atomic E-state index is 12.3. The topological polar surface area (TPSA) is 87.4 Å². The van der Waals surface area contributed by atoms with E-state index in [1.54, 1.807) is 18.7 Å². The molecule has 0 amide bonds. The number of hydrogen-bond donors (Lipinski definition) is 2. The number of aromatic amines is 2. The van der Waals surface area contributed by atoms with Crippen LogP contribution in [0.3, 0.4) is 0 Å². The first-order valence-corrected chi connectivity index (χ1v) is 12.9. The van der Waals surface area contributed by atoms with Crippen molar-refractivity contribution in [3.8, 4) is 0 Å². The molecule has 38 heavy (non-hydrogen) atoms. The molecule has 2 heterocycles. The van der Waals surface area contributed by atoms with Gasteiger partial charge in [-0.2, -0.15) is 0 Å². The van der Waals surface area contributed by atoms with Crippen LogP contribution in [0.1, 0.15) is 36.5 Å². The highest BCUT2D eigenvalue weighted by molar-refractivity contribution is 5.89. The fourth-order valence-corrected chi connectivity index (χ4v) is 5.03. The number of ether oxygens (including phenoxy) is 2. The number of H-pyrrole nitrogens is 2. The minimum Gasteiger partial charge on any atom is -0.465 e. The number of benzene rings is 3. The van der Waals surface area contributed by atoms with Gasteiger partial charge in [0.15, 0.2) is 0 Å². The van der Waals surface area contributed by atoms with Gasteiger partial charge >= 0.3 is 11.9 Å². The molecule has 0 saturated carbocycles. The quantitative estimate of drug-likeness (QED) is 0.234. The van der Waals surface area contributed by atoms with Gasteiger partial charge in [-0.05, 0) is 54.8 Å². The van der Waals surface area contributed by atoms with E-state index in [-0.39, 0.29) is 32.2 Å². The van der Waals surface area contributed by atoms with E-state index < -0.39 is 11.9 Å². The Morgan fingerprint density at radius 1 is 0.711 bits per heavy atom. The summed E-state index contributed by atoms with van der Waals surface area (Å²) in [5.41, 5.74) is 6.35. The number of esters is 2. The zero-order valence-corrected chi connectivity index (χ0v) is 21.6. The van der Waals surface area contributed by atoms with Crippen LogP contribution in [0.2, 0.25) is 0 Å². The molecule has 0 atom stereocenters. The van der Waals surface area contributed by atoms with Gasteiger partial charge in [0.2, 0.25) is 0 Å². The van der Waals surface area contributed by atoms with Crippen molar-refractivity contribution < 1.29 is 19.1 Å². The van der Waals surface area contributed by atoms with Crippen LogP contribution < -0.4 is 4.90 Å². The largest absolute Gasteiger partial charge is 0.465 e. The van der Waals surface area contributed by atoms with Crippen LogP contribution in [0, 0.1) is 0 Å². The van der Waals surface area contributed by atoms with E-state index in [2.05, 4.69) is 70.9 Å². The average molecular weight is 510 g/mol. The summed E-state index contributed by atoms with van der Waals surface area (Å²) in [5, 5.41) is 2.33. The Labute approximate surface area is 221 Å². The number of fused-ring (bicyclic) bond motifs is 2. The number of hydrogen-bond acceptors (Lipinski definition) is 5. The fraction of sp³-hybridized carbons (Fsp3) is 0.226. The molecule has 0 unspecified atom stereocenters. The van der Waals surface area contributed by atoms with Crippen molar-refractivity contribution in [1.29, 1.82) is 0 Å². The number of rotatable bonds is 10. The molecular formula is C31H31N3O4. The second-order valence-electron chi connectivity index (χ2n) is 9.07.